The van der Waals surface area contributed by atoms with Crippen molar-refractivity contribution in [2.24, 2.45) is 5.16 Å². The van der Waals surface area contributed by atoms with Crippen LogP contribution in [0.15, 0.2) is 47.8 Å². The van der Waals surface area contributed by atoms with Crippen LogP contribution in [0.3, 0.4) is 0 Å². The van der Waals surface area contributed by atoms with Gasteiger partial charge >= 0.3 is 5.97 Å². The summed E-state index contributed by atoms with van der Waals surface area (Å²) in [5.74, 6) is 1.28. The zero-order valence-electron chi connectivity index (χ0n) is 15.4. The Labute approximate surface area is 157 Å². The first kappa shape index (κ1) is 18.7. The zero-order chi connectivity index (χ0) is 19.1. The summed E-state index contributed by atoms with van der Waals surface area (Å²) in [7, 11) is 1.31. The van der Waals surface area contributed by atoms with Gasteiger partial charge in [0, 0.05) is 0 Å². The molecular formula is C20H22N2O5. The molecule has 1 aliphatic rings. The van der Waals surface area contributed by atoms with Crippen LogP contribution in [0.5, 0.6) is 11.5 Å². The van der Waals surface area contributed by atoms with Gasteiger partial charge in [0.15, 0.2) is 6.10 Å². The van der Waals surface area contributed by atoms with Crippen molar-refractivity contribution < 1.29 is 23.8 Å². The second kappa shape index (κ2) is 9.02. The molecular weight excluding hydrogens is 348 g/mol. The Kier molecular flexibility index (Phi) is 6.25. The minimum absolute atomic E-state index is 0.202. The number of carbonyl (C=O) groups is 1. The smallest absolute Gasteiger partial charge is 0.356 e. The summed E-state index contributed by atoms with van der Waals surface area (Å²) in [6, 6.07) is 11.0. The van der Waals surface area contributed by atoms with E-state index in [9.17, 15) is 4.79 Å². The second-order valence-electron chi connectivity index (χ2n) is 6.03. The first-order chi connectivity index (χ1) is 13.2. The lowest BCUT2D eigenvalue weighted by Crippen LogP contribution is -2.09. The zero-order valence-corrected chi connectivity index (χ0v) is 15.4. The number of unbranched alkanes of at least 4 members (excludes halogenated alkanes) is 1. The minimum Gasteiger partial charge on any atom is -0.494 e. The van der Waals surface area contributed by atoms with Crippen molar-refractivity contribution in [1.29, 1.82) is 0 Å². The highest BCUT2D eigenvalue weighted by atomic mass is 16.7. The van der Waals surface area contributed by atoms with Crippen LogP contribution in [0.25, 0.3) is 0 Å². The molecule has 2 aromatic rings. The third-order valence-electron chi connectivity index (χ3n) is 4.03. The van der Waals surface area contributed by atoms with E-state index in [1.165, 1.54) is 19.4 Å². The summed E-state index contributed by atoms with van der Waals surface area (Å²) in [5, 5.41) is 3.99. The molecule has 0 amide bonds. The van der Waals surface area contributed by atoms with Crippen molar-refractivity contribution in [3.8, 4) is 11.5 Å². The van der Waals surface area contributed by atoms with Gasteiger partial charge in [0.25, 0.3) is 0 Å². The lowest BCUT2D eigenvalue weighted by atomic mass is 10.1. The first-order valence-corrected chi connectivity index (χ1v) is 8.87. The fourth-order valence-corrected chi connectivity index (χ4v) is 2.51. The molecule has 0 spiro atoms. The van der Waals surface area contributed by atoms with E-state index in [4.69, 9.17) is 14.3 Å². The van der Waals surface area contributed by atoms with Crippen LogP contribution in [0, 0.1) is 0 Å². The highest BCUT2D eigenvalue weighted by molar-refractivity contribution is 5.87. The lowest BCUT2D eigenvalue weighted by Gasteiger charge is -2.10. The van der Waals surface area contributed by atoms with Crippen LogP contribution in [-0.2, 0) is 9.57 Å². The maximum atomic E-state index is 11.4. The van der Waals surface area contributed by atoms with Gasteiger partial charge in [-0.05, 0) is 36.2 Å². The summed E-state index contributed by atoms with van der Waals surface area (Å²) in [6.45, 7) is 2.85. The summed E-state index contributed by atoms with van der Waals surface area (Å²) < 4.78 is 15.9. The number of methoxy groups -OCH3 is 1. The van der Waals surface area contributed by atoms with E-state index < -0.39 is 5.97 Å². The molecule has 0 bridgehead atoms. The number of esters is 1. The number of nitrogens with zero attached hydrogens (tertiary/aromatic N) is 2. The topological polar surface area (TPSA) is 79.2 Å². The van der Waals surface area contributed by atoms with Gasteiger partial charge in [0.1, 0.15) is 17.2 Å². The molecule has 1 atom stereocenters. The van der Waals surface area contributed by atoms with E-state index in [0.29, 0.717) is 18.1 Å². The summed E-state index contributed by atoms with van der Waals surface area (Å²) in [6.07, 6.45) is 3.90. The number of ether oxygens (including phenoxy) is 3. The number of hydrogen-bond acceptors (Lipinski definition) is 7. The Bertz CT molecular complexity index is 787. The van der Waals surface area contributed by atoms with Crippen LogP contribution >= 0.6 is 0 Å². The molecule has 1 aromatic heterocycles. The minimum atomic E-state index is -0.495. The average molecular weight is 370 g/mol. The Morgan fingerprint density at radius 3 is 2.63 bits per heavy atom. The van der Waals surface area contributed by atoms with Crippen molar-refractivity contribution in [2.75, 3.05) is 13.7 Å². The van der Waals surface area contributed by atoms with Crippen LogP contribution in [0.4, 0.5) is 0 Å². The molecule has 3 rings (SSSR count). The maximum absolute atomic E-state index is 11.4. The van der Waals surface area contributed by atoms with Gasteiger partial charge in [0.05, 0.1) is 26.3 Å². The Morgan fingerprint density at radius 1 is 1.19 bits per heavy atom. The van der Waals surface area contributed by atoms with Gasteiger partial charge in [-0.1, -0.05) is 30.6 Å². The van der Waals surface area contributed by atoms with Gasteiger partial charge in [-0.2, -0.15) is 0 Å². The fraction of sp³-hybridized carbons (Fsp3) is 0.350. The van der Waals surface area contributed by atoms with Crippen LogP contribution < -0.4 is 9.47 Å². The molecule has 1 aliphatic heterocycles. The van der Waals surface area contributed by atoms with E-state index in [2.05, 4.69) is 21.8 Å². The summed E-state index contributed by atoms with van der Waals surface area (Å²) in [5.41, 5.74) is 1.22. The molecule has 0 saturated carbocycles. The van der Waals surface area contributed by atoms with Crippen molar-refractivity contribution in [3.63, 3.8) is 0 Å². The van der Waals surface area contributed by atoms with E-state index in [1.54, 1.807) is 6.07 Å². The van der Waals surface area contributed by atoms with Gasteiger partial charge < -0.3 is 19.0 Å². The van der Waals surface area contributed by atoms with Crippen molar-refractivity contribution >= 4 is 11.9 Å². The second-order valence-corrected chi connectivity index (χ2v) is 6.03. The summed E-state index contributed by atoms with van der Waals surface area (Å²) >= 11 is 0. The molecule has 0 saturated heterocycles. The Morgan fingerprint density at radius 2 is 1.96 bits per heavy atom. The molecule has 7 heteroatoms. The third kappa shape index (κ3) is 4.97. The monoisotopic (exact) mass is 370 g/mol. The Hall–Kier alpha value is -3.09. The fourth-order valence-electron chi connectivity index (χ4n) is 2.51. The lowest BCUT2D eigenvalue weighted by molar-refractivity contribution is 0.0594. The summed E-state index contributed by atoms with van der Waals surface area (Å²) in [4.78, 5) is 20.9. The predicted octanol–water partition coefficient (Wildman–Crippen LogP) is 3.90. The standard InChI is InChI=1S/C20H22N2O5/c1-3-4-11-25-15-7-5-14(6-8-15)18-12-19(22-27-18)26-16-9-10-17(21-13-16)20(23)24-2/h5-10,13,18H,3-4,11-12H2,1-2H3/t18-/m1/s1. The number of hydrogen-bond donors (Lipinski definition) is 0. The molecule has 0 radical (unpaired) electrons. The number of carbonyl (C=O) groups excluding carboxylic acids is 1. The Balaban J connectivity index is 1.53. The maximum Gasteiger partial charge on any atom is 0.356 e. The van der Waals surface area contributed by atoms with E-state index >= 15 is 0 Å². The van der Waals surface area contributed by atoms with Crippen molar-refractivity contribution in [2.45, 2.75) is 32.3 Å². The number of aromatic nitrogens is 1. The quantitative estimate of drug-likeness (QED) is 0.543. The van der Waals surface area contributed by atoms with Gasteiger partial charge in [-0.15, -0.1) is 0 Å². The molecule has 7 nitrogen and oxygen atoms in total. The van der Waals surface area contributed by atoms with Gasteiger partial charge in [0.2, 0.25) is 5.90 Å². The molecule has 0 N–H and O–H groups in total. The van der Waals surface area contributed by atoms with Gasteiger partial charge in [-0.25, -0.2) is 9.78 Å². The number of oxime groups is 1. The van der Waals surface area contributed by atoms with E-state index in [1.807, 2.05) is 24.3 Å². The normalized spacial score (nSPS) is 15.6. The number of rotatable bonds is 7. The van der Waals surface area contributed by atoms with Crippen molar-refractivity contribution in [3.05, 3.63) is 53.9 Å². The largest absolute Gasteiger partial charge is 0.494 e. The molecule has 0 aliphatic carbocycles. The average Bonchev–Trinajstić information content (AvgIpc) is 3.17. The molecule has 142 valence electrons. The molecule has 0 unspecified atom stereocenters. The molecule has 27 heavy (non-hydrogen) atoms. The molecule has 1 aromatic carbocycles. The highest BCUT2D eigenvalue weighted by Crippen LogP contribution is 2.29. The van der Waals surface area contributed by atoms with Crippen molar-refractivity contribution in [1.82, 2.24) is 4.98 Å². The van der Waals surface area contributed by atoms with Gasteiger partial charge in [-0.3, -0.25) is 0 Å². The van der Waals surface area contributed by atoms with Crippen LogP contribution in [0.1, 0.15) is 48.3 Å². The highest BCUT2D eigenvalue weighted by Gasteiger charge is 2.24. The SMILES string of the molecule is CCCCOc1ccc([C@H]2CC(Oc3ccc(C(=O)OC)nc3)=NO2)cc1. The number of benzene rings is 1. The predicted molar refractivity (Wildman–Crippen MR) is 98.9 cm³/mol. The van der Waals surface area contributed by atoms with E-state index in [-0.39, 0.29) is 11.8 Å². The number of pyridine rings is 1. The third-order valence-corrected chi connectivity index (χ3v) is 4.03. The van der Waals surface area contributed by atoms with E-state index in [0.717, 1.165) is 30.8 Å². The van der Waals surface area contributed by atoms with Crippen LogP contribution in [0.2, 0.25) is 0 Å². The first-order valence-electron chi connectivity index (χ1n) is 8.87. The molecule has 2 heterocycles. The molecule has 0 fully saturated rings. The van der Waals surface area contributed by atoms with Crippen LogP contribution in [-0.4, -0.2) is 30.6 Å².